The summed E-state index contributed by atoms with van der Waals surface area (Å²) in [6.07, 6.45) is 4.82. The van der Waals surface area contributed by atoms with Gasteiger partial charge in [0, 0.05) is 17.9 Å². The normalized spacial score (nSPS) is 16.0. The summed E-state index contributed by atoms with van der Waals surface area (Å²) >= 11 is 3.44. The zero-order valence-corrected chi connectivity index (χ0v) is 11.9. The Morgan fingerprint density at radius 3 is 2.56 bits per heavy atom. The van der Waals surface area contributed by atoms with Crippen molar-refractivity contribution in [2.24, 2.45) is 0 Å². The van der Waals surface area contributed by atoms with E-state index in [1.54, 1.807) is 6.07 Å². The van der Waals surface area contributed by atoms with Gasteiger partial charge in [0.1, 0.15) is 0 Å². The molecule has 0 atom stereocenters. The van der Waals surface area contributed by atoms with Crippen LogP contribution in [-0.4, -0.2) is 22.8 Å². The fourth-order valence-corrected chi connectivity index (χ4v) is 2.53. The first kappa shape index (κ1) is 13.9. The lowest BCUT2D eigenvalue weighted by Gasteiger charge is -2.37. The number of alkyl halides is 1. The van der Waals surface area contributed by atoms with Gasteiger partial charge < -0.3 is 0 Å². The van der Waals surface area contributed by atoms with Crippen LogP contribution in [0, 0.1) is 11.6 Å². The minimum Gasteiger partial charge on any atom is -0.296 e. The Hall–Kier alpha value is -0.480. The van der Waals surface area contributed by atoms with Crippen LogP contribution in [0.1, 0.15) is 31.2 Å². The lowest BCUT2D eigenvalue weighted by molar-refractivity contribution is 0.120. The third-order valence-electron chi connectivity index (χ3n) is 3.54. The van der Waals surface area contributed by atoms with Crippen LogP contribution < -0.4 is 0 Å². The molecule has 4 heteroatoms. The van der Waals surface area contributed by atoms with Crippen molar-refractivity contribution in [1.82, 2.24) is 4.90 Å². The number of hydrogen-bond acceptors (Lipinski definition) is 1. The molecule has 100 valence electrons. The van der Waals surface area contributed by atoms with Crippen molar-refractivity contribution >= 4 is 15.9 Å². The van der Waals surface area contributed by atoms with Gasteiger partial charge in [-0.1, -0.05) is 28.4 Å². The Morgan fingerprint density at radius 1 is 1.22 bits per heavy atom. The molecule has 1 fully saturated rings. The second-order valence-corrected chi connectivity index (χ2v) is 5.64. The maximum Gasteiger partial charge on any atom is 0.159 e. The summed E-state index contributed by atoms with van der Waals surface area (Å²) in [5, 5.41) is 0.980. The fraction of sp³-hybridized carbons (Fsp3) is 0.571. The molecule has 0 amide bonds. The highest BCUT2D eigenvalue weighted by atomic mass is 79.9. The summed E-state index contributed by atoms with van der Waals surface area (Å²) in [7, 11) is 0. The zero-order chi connectivity index (χ0) is 13.0. The van der Waals surface area contributed by atoms with Crippen LogP contribution in [0.2, 0.25) is 0 Å². The van der Waals surface area contributed by atoms with Gasteiger partial charge in [0.2, 0.25) is 0 Å². The van der Waals surface area contributed by atoms with Gasteiger partial charge in [-0.25, -0.2) is 8.78 Å². The summed E-state index contributed by atoms with van der Waals surface area (Å²) in [5.41, 5.74) is 0.857. The van der Waals surface area contributed by atoms with Crippen molar-refractivity contribution in [1.29, 1.82) is 0 Å². The van der Waals surface area contributed by atoms with E-state index in [2.05, 4.69) is 20.8 Å². The van der Waals surface area contributed by atoms with Crippen molar-refractivity contribution in [3.05, 3.63) is 35.4 Å². The Labute approximate surface area is 115 Å². The fourth-order valence-electron chi connectivity index (χ4n) is 2.28. The molecule has 0 heterocycles. The number of hydrogen-bond donors (Lipinski definition) is 0. The molecule has 1 aromatic carbocycles. The van der Waals surface area contributed by atoms with Gasteiger partial charge in [0.05, 0.1) is 0 Å². The predicted molar refractivity (Wildman–Crippen MR) is 72.8 cm³/mol. The molecular formula is C14H18BrF2N. The zero-order valence-electron chi connectivity index (χ0n) is 10.3. The first-order valence-corrected chi connectivity index (χ1v) is 7.57. The molecule has 0 radical (unpaired) electrons. The van der Waals surface area contributed by atoms with Crippen LogP contribution in [0.3, 0.4) is 0 Å². The van der Waals surface area contributed by atoms with Crippen LogP contribution in [0.4, 0.5) is 8.78 Å². The highest BCUT2D eigenvalue weighted by molar-refractivity contribution is 9.09. The molecule has 0 N–H and O–H groups in total. The Bertz CT molecular complexity index is 393. The summed E-state index contributed by atoms with van der Waals surface area (Å²) in [5.74, 6) is -1.52. The highest BCUT2D eigenvalue weighted by Gasteiger charge is 2.24. The summed E-state index contributed by atoms with van der Waals surface area (Å²) < 4.78 is 26.1. The molecule has 1 aliphatic rings. The molecular weight excluding hydrogens is 300 g/mol. The standard InChI is InChI=1S/C14H18BrF2N/c15-7-2-8-18(12-3-1-4-12)10-11-5-6-13(16)14(17)9-11/h5-6,9,12H,1-4,7-8,10H2. The second kappa shape index (κ2) is 6.62. The first-order valence-electron chi connectivity index (χ1n) is 6.44. The van der Waals surface area contributed by atoms with Crippen molar-refractivity contribution in [2.45, 2.75) is 38.3 Å². The summed E-state index contributed by atoms with van der Waals surface area (Å²) in [4.78, 5) is 2.39. The third kappa shape index (κ3) is 3.51. The van der Waals surface area contributed by atoms with Gasteiger partial charge in [0.25, 0.3) is 0 Å². The molecule has 0 aromatic heterocycles. The lowest BCUT2D eigenvalue weighted by atomic mass is 9.91. The van der Waals surface area contributed by atoms with Gasteiger partial charge in [-0.15, -0.1) is 0 Å². The van der Waals surface area contributed by atoms with E-state index < -0.39 is 11.6 Å². The van der Waals surface area contributed by atoms with Gasteiger partial charge in [-0.2, -0.15) is 0 Å². The first-order chi connectivity index (χ1) is 8.70. The van der Waals surface area contributed by atoms with Gasteiger partial charge in [0.15, 0.2) is 11.6 Å². The van der Waals surface area contributed by atoms with Crippen molar-refractivity contribution < 1.29 is 8.78 Å². The lowest BCUT2D eigenvalue weighted by Crippen LogP contribution is -2.40. The molecule has 0 aliphatic heterocycles. The van der Waals surface area contributed by atoms with E-state index in [0.717, 1.165) is 30.4 Å². The maximum atomic E-state index is 13.2. The van der Waals surface area contributed by atoms with Crippen LogP contribution in [-0.2, 0) is 6.54 Å². The minimum atomic E-state index is -0.769. The van der Waals surface area contributed by atoms with E-state index in [-0.39, 0.29) is 0 Å². The number of rotatable bonds is 6. The molecule has 0 spiro atoms. The average Bonchev–Trinajstić information content (AvgIpc) is 2.28. The van der Waals surface area contributed by atoms with Gasteiger partial charge in [-0.05, 0) is 43.5 Å². The smallest absolute Gasteiger partial charge is 0.159 e. The molecule has 0 bridgehead atoms. The van der Waals surface area contributed by atoms with Crippen molar-refractivity contribution in [2.75, 3.05) is 11.9 Å². The quantitative estimate of drug-likeness (QED) is 0.714. The predicted octanol–water partition coefficient (Wildman–Crippen LogP) is 4.10. The number of benzene rings is 1. The Morgan fingerprint density at radius 2 is 2.00 bits per heavy atom. The molecule has 2 rings (SSSR count). The van der Waals surface area contributed by atoms with E-state index in [1.165, 1.54) is 31.4 Å². The van der Waals surface area contributed by atoms with Gasteiger partial charge >= 0.3 is 0 Å². The molecule has 1 saturated carbocycles. The number of nitrogens with zero attached hydrogens (tertiary/aromatic N) is 1. The van der Waals surface area contributed by atoms with Crippen LogP contribution in [0.15, 0.2) is 18.2 Å². The second-order valence-electron chi connectivity index (χ2n) is 4.85. The Kier molecular flexibility index (Phi) is 5.13. The van der Waals surface area contributed by atoms with E-state index in [0.29, 0.717) is 6.04 Å². The molecule has 1 nitrogen and oxygen atoms in total. The van der Waals surface area contributed by atoms with E-state index in [9.17, 15) is 8.78 Å². The van der Waals surface area contributed by atoms with Crippen LogP contribution in [0.5, 0.6) is 0 Å². The summed E-state index contributed by atoms with van der Waals surface area (Å²) in [6, 6.07) is 4.83. The molecule has 0 saturated heterocycles. The van der Waals surface area contributed by atoms with Crippen molar-refractivity contribution in [3.8, 4) is 0 Å². The van der Waals surface area contributed by atoms with E-state index >= 15 is 0 Å². The molecule has 18 heavy (non-hydrogen) atoms. The summed E-state index contributed by atoms with van der Waals surface area (Å²) in [6.45, 7) is 1.73. The molecule has 0 unspecified atom stereocenters. The average molecular weight is 318 g/mol. The highest BCUT2D eigenvalue weighted by Crippen LogP contribution is 2.26. The van der Waals surface area contributed by atoms with Crippen molar-refractivity contribution in [3.63, 3.8) is 0 Å². The number of halogens is 3. The third-order valence-corrected chi connectivity index (χ3v) is 4.10. The largest absolute Gasteiger partial charge is 0.296 e. The SMILES string of the molecule is Fc1ccc(CN(CCCBr)C2CCC2)cc1F. The van der Waals surface area contributed by atoms with Crippen LogP contribution in [0.25, 0.3) is 0 Å². The molecule has 1 aromatic rings. The van der Waals surface area contributed by atoms with Crippen LogP contribution >= 0.6 is 15.9 Å². The molecule has 1 aliphatic carbocycles. The van der Waals surface area contributed by atoms with Gasteiger partial charge in [-0.3, -0.25) is 4.90 Å². The Balaban J connectivity index is 1.99. The monoisotopic (exact) mass is 317 g/mol. The topological polar surface area (TPSA) is 3.24 Å². The van der Waals surface area contributed by atoms with E-state index in [4.69, 9.17) is 0 Å². The minimum absolute atomic E-state index is 0.622. The maximum absolute atomic E-state index is 13.2. The van der Waals surface area contributed by atoms with E-state index in [1.807, 2.05) is 0 Å².